The number of para-hydroxylation sites is 1. The van der Waals surface area contributed by atoms with Crippen molar-refractivity contribution >= 4 is 23.7 Å². The monoisotopic (exact) mass is 458 g/mol. The van der Waals surface area contributed by atoms with E-state index in [1.807, 2.05) is 86.6 Å². The van der Waals surface area contributed by atoms with E-state index in [9.17, 15) is 4.79 Å². The van der Waals surface area contributed by atoms with E-state index < -0.39 is 0 Å². The first kappa shape index (κ1) is 22.3. The van der Waals surface area contributed by atoms with Gasteiger partial charge in [0.25, 0.3) is 5.91 Å². The van der Waals surface area contributed by atoms with Crippen LogP contribution in [-0.2, 0) is 4.79 Å². The minimum atomic E-state index is -0.367. The van der Waals surface area contributed by atoms with Crippen molar-refractivity contribution in [2.45, 2.75) is 13.8 Å². The first-order valence-corrected chi connectivity index (χ1v) is 10.8. The van der Waals surface area contributed by atoms with Crippen molar-refractivity contribution in [3.63, 3.8) is 0 Å². The Morgan fingerprint density at radius 2 is 1.85 bits per heavy atom. The zero-order chi connectivity index (χ0) is 23.2. The lowest BCUT2D eigenvalue weighted by atomic mass is 10.1. The molecule has 3 aromatic carbocycles. The molecular formula is C26H23ClN4O2. The summed E-state index contributed by atoms with van der Waals surface area (Å²) in [6, 6.07) is 23.1. The number of carbonyl (C=O) groups is 1. The van der Waals surface area contributed by atoms with E-state index in [4.69, 9.17) is 16.3 Å². The molecule has 4 aromatic rings. The van der Waals surface area contributed by atoms with E-state index in [1.54, 1.807) is 17.1 Å². The normalized spacial score (nSPS) is 11.0. The van der Waals surface area contributed by atoms with E-state index in [1.165, 1.54) is 0 Å². The van der Waals surface area contributed by atoms with Gasteiger partial charge in [-0.1, -0.05) is 59.6 Å². The molecule has 0 spiro atoms. The highest BCUT2D eigenvalue weighted by Crippen LogP contribution is 2.35. The van der Waals surface area contributed by atoms with Crippen molar-refractivity contribution < 1.29 is 9.53 Å². The van der Waals surface area contributed by atoms with Crippen molar-refractivity contribution in [1.29, 1.82) is 0 Å². The summed E-state index contributed by atoms with van der Waals surface area (Å²) in [5.41, 5.74) is 7.84. The number of hydrogen-bond acceptors (Lipinski definition) is 4. The van der Waals surface area contributed by atoms with E-state index in [2.05, 4.69) is 15.6 Å². The van der Waals surface area contributed by atoms with Crippen LogP contribution in [0, 0.1) is 13.8 Å². The molecule has 1 N–H and O–H groups in total. The summed E-state index contributed by atoms with van der Waals surface area (Å²) in [4.78, 5) is 12.3. The van der Waals surface area contributed by atoms with Crippen LogP contribution >= 0.6 is 11.6 Å². The number of hydrazone groups is 1. The number of aryl methyl sites for hydroxylation is 2. The van der Waals surface area contributed by atoms with Gasteiger partial charge in [0.05, 0.1) is 23.8 Å². The SMILES string of the molecule is Cc1ccc(/C=N/NC(=O)COc2cc(C)c(Cl)cc2-c2ccnn2-c2ccccc2)cc1. The van der Waals surface area contributed by atoms with Crippen LogP contribution in [0.15, 0.2) is 84.1 Å². The van der Waals surface area contributed by atoms with Crippen LogP contribution in [0.1, 0.15) is 16.7 Å². The second-order valence-corrected chi connectivity index (χ2v) is 7.96. The van der Waals surface area contributed by atoms with E-state index in [0.717, 1.165) is 33.6 Å². The average molecular weight is 459 g/mol. The molecule has 4 rings (SSSR count). The van der Waals surface area contributed by atoms with Gasteiger partial charge in [0.15, 0.2) is 6.61 Å². The predicted molar refractivity (Wildman–Crippen MR) is 131 cm³/mol. The maximum atomic E-state index is 12.3. The molecule has 0 aliphatic heterocycles. The second-order valence-electron chi connectivity index (χ2n) is 7.55. The predicted octanol–water partition coefficient (Wildman–Crippen LogP) is 5.34. The Labute approximate surface area is 197 Å². The summed E-state index contributed by atoms with van der Waals surface area (Å²) in [5.74, 6) is 0.167. The fraction of sp³-hybridized carbons (Fsp3) is 0.115. The maximum Gasteiger partial charge on any atom is 0.277 e. The fourth-order valence-electron chi connectivity index (χ4n) is 3.26. The molecule has 1 aromatic heterocycles. The van der Waals surface area contributed by atoms with Crippen molar-refractivity contribution in [3.8, 4) is 22.7 Å². The van der Waals surface area contributed by atoms with Crippen LogP contribution in [-0.4, -0.2) is 28.5 Å². The van der Waals surface area contributed by atoms with Gasteiger partial charge in [-0.3, -0.25) is 4.79 Å². The molecular weight excluding hydrogens is 436 g/mol. The summed E-state index contributed by atoms with van der Waals surface area (Å²) in [6.45, 7) is 3.71. The molecule has 0 fully saturated rings. The molecule has 33 heavy (non-hydrogen) atoms. The Balaban J connectivity index is 1.51. The number of benzene rings is 3. The van der Waals surface area contributed by atoms with E-state index in [-0.39, 0.29) is 12.5 Å². The Morgan fingerprint density at radius 3 is 2.61 bits per heavy atom. The van der Waals surface area contributed by atoms with Crippen LogP contribution in [0.25, 0.3) is 16.9 Å². The van der Waals surface area contributed by atoms with E-state index in [0.29, 0.717) is 10.8 Å². The van der Waals surface area contributed by atoms with E-state index >= 15 is 0 Å². The third-order valence-electron chi connectivity index (χ3n) is 5.02. The molecule has 0 aliphatic rings. The average Bonchev–Trinajstić information content (AvgIpc) is 3.31. The number of rotatable bonds is 7. The largest absolute Gasteiger partial charge is 0.483 e. The first-order chi connectivity index (χ1) is 16.0. The summed E-state index contributed by atoms with van der Waals surface area (Å²) >= 11 is 6.42. The maximum absolute atomic E-state index is 12.3. The quantitative estimate of drug-likeness (QED) is 0.300. The minimum Gasteiger partial charge on any atom is -0.483 e. The third kappa shape index (κ3) is 5.48. The summed E-state index contributed by atoms with van der Waals surface area (Å²) in [6.07, 6.45) is 3.31. The highest BCUT2D eigenvalue weighted by atomic mass is 35.5. The lowest BCUT2D eigenvalue weighted by Gasteiger charge is -2.15. The second kappa shape index (κ2) is 10.1. The first-order valence-electron chi connectivity index (χ1n) is 10.4. The summed E-state index contributed by atoms with van der Waals surface area (Å²) in [5, 5.41) is 9.05. The Morgan fingerprint density at radius 1 is 1.09 bits per heavy atom. The molecule has 1 heterocycles. The fourth-order valence-corrected chi connectivity index (χ4v) is 3.43. The number of nitrogens with zero attached hydrogens (tertiary/aromatic N) is 3. The van der Waals surface area contributed by atoms with Crippen LogP contribution in [0.2, 0.25) is 5.02 Å². The van der Waals surface area contributed by atoms with Crippen molar-refractivity contribution in [2.75, 3.05) is 6.61 Å². The van der Waals surface area contributed by atoms with Gasteiger partial charge in [-0.15, -0.1) is 0 Å². The van der Waals surface area contributed by atoms with Gasteiger partial charge in [0.2, 0.25) is 0 Å². The zero-order valence-corrected chi connectivity index (χ0v) is 19.1. The van der Waals surface area contributed by atoms with Crippen LogP contribution in [0.4, 0.5) is 0 Å². The van der Waals surface area contributed by atoms with Crippen molar-refractivity contribution in [1.82, 2.24) is 15.2 Å². The molecule has 1 amide bonds. The molecule has 166 valence electrons. The van der Waals surface area contributed by atoms with Gasteiger partial charge in [-0.25, -0.2) is 10.1 Å². The number of ether oxygens (including phenoxy) is 1. The lowest BCUT2D eigenvalue weighted by molar-refractivity contribution is -0.123. The molecule has 0 bridgehead atoms. The van der Waals surface area contributed by atoms with Gasteiger partial charge in [-0.2, -0.15) is 10.2 Å². The molecule has 6 nitrogen and oxygen atoms in total. The van der Waals surface area contributed by atoms with Crippen LogP contribution < -0.4 is 10.2 Å². The zero-order valence-electron chi connectivity index (χ0n) is 18.3. The van der Waals surface area contributed by atoms with Crippen LogP contribution in [0.5, 0.6) is 5.75 Å². The molecule has 7 heteroatoms. The van der Waals surface area contributed by atoms with Gasteiger partial charge < -0.3 is 4.74 Å². The molecule has 0 saturated carbocycles. The highest BCUT2D eigenvalue weighted by molar-refractivity contribution is 6.31. The summed E-state index contributed by atoms with van der Waals surface area (Å²) in [7, 11) is 0. The number of amides is 1. The minimum absolute atomic E-state index is 0.196. The topological polar surface area (TPSA) is 68.5 Å². The number of aromatic nitrogens is 2. The number of nitrogens with one attached hydrogen (secondary N) is 1. The van der Waals surface area contributed by atoms with Gasteiger partial charge in [-0.05, 0) is 55.3 Å². The molecule has 0 aliphatic carbocycles. The Bertz CT molecular complexity index is 1280. The molecule has 0 saturated heterocycles. The van der Waals surface area contributed by atoms with Gasteiger partial charge >= 0.3 is 0 Å². The molecule has 0 unspecified atom stereocenters. The Hall–Kier alpha value is -3.90. The van der Waals surface area contributed by atoms with Crippen molar-refractivity contribution in [3.05, 3.63) is 101 Å². The summed E-state index contributed by atoms with van der Waals surface area (Å²) < 4.78 is 7.69. The number of carbonyl (C=O) groups excluding carboxylic acids is 1. The van der Waals surface area contributed by atoms with Crippen molar-refractivity contribution in [2.24, 2.45) is 5.10 Å². The molecule has 0 atom stereocenters. The highest BCUT2D eigenvalue weighted by Gasteiger charge is 2.16. The lowest BCUT2D eigenvalue weighted by Crippen LogP contribution is -2.24. The number of halogens is 1. The van der Waals surface area contributed by atoms with Crippen LogP contribution in [0.3, 0.4) is 0 Å². The third-order valence-corrected chi connectivity index (χ3v) is 5.43. The smallest absolute Gasteiger partial charge is 0.277 e. The number of hydrogen-bond donors (Lipinski definition) is 1. The van der Waals surface area contributed by atoms with Gasteiger partial charge in [0.1, 0.15) is 5.75 Å². The molecule has 0 radical (unpaired) electrons. The standard InChI is InChI=1S/C26H23ClN4O2/c1-18-8-10-20(11-9-18)16-28-30-26(32)17-33-25-14-19(2)23(27)15-22(25)24-12-13-29-31(24)21-6-4-3-5-7-21/h3-16H,17H2,1-2H3,(H,30,32)/b28-16+. The Kier molecular flexibility index (Phi) is 6.86. The van der Waals surface area contributed by atoms with Gasteiger partial charge in [0, 0.05) is 10.6 Å².